The zero-order valence-corrected chi connectivity index (χ0v) is 15.2. The van der Waals surface area contributed by atoms with E-state index in [2.05, 4.69) is 21.3 Å². The van der Waals surface area contributed by atoms with E-state index in [9.17, 15) is 19.2 Å². The Morgan fingerprint density at radius 2 is 1.73 bits per heavy atom. The van der Waals surface area contributed by atoms with Crippen LogP contribution in [0.1, 0.15) is 33.6 Å². The Bertz CT molecular complexity index is 533. The van der Waals surface area contributed by atoms with E-state index in [1.54, 1.807) is 13.8 Å². The fourth-order valence-electron chi connectivity index (χ4n) is 2.55. The predicted molar refractivity (Wildman–Crippen MR) is 92.1 cm³/mol. The van der Waals surface area contributed by atoms with Crippen molar-refractivity contribution in [3.63, 3.8) is 0 Å². The minimum Gasteiger partial charge on any atom is -0.480 e. The first-order valence-electron chi connectivity index (χ1n) is 8.65. The van der Waals surface area contributed by atoms with Gasteiger partial charge in [0.05, 0.1) is 12.6 Å². The molecule has 0 aromatic heterocycles. The van der Waals surface area contributed by atoms with Gasteiger partial charge in [0.25, 0.3) is 0 Å². The highest BCUT2D eigenvalue weighted by atomic mass is 16.4. The summed E-state index contributed by atoms with van der Waals surface area (Å²) in [5, 5.41) is 28.2. The monoisotopic (exact) mass is 372 g/mol. The molecule has 4 atom stereocenters. The molecule has 10 nitrogen and oxygen atoms in total. The van der Waals surface area contributed by atoms with Gasteiger partial charge >= 0.3 is 5.97 Å². The molecule has 0 aliphatic carbocycles. The summed E-state index contributed by atoms with van der Waals surface area (Å²) in [7, 11) is 0. The number of amides is 3. The SMILES string of the molecule is CC(NC(=O)C1CCCN1)C(=O)NC(C(=O)NC(CO)C(=O)O)C(C)C. The van der Waals surface area contributed by atoms with E-state index in [1.807, 2.05) is 0 Å². The number of carboxylic acid groups (broad SMARTS) is 1. The third kappa shape index (κ3) is 6.26. The number of rotatable bonds is 9. The quantitative estimate of drug-likeness (QED) is 0.272. The lowest BCUT2D eigenvalue weighted by atomic mass is 10.0. The molecule has 26 heavy (non-hydrogen) atoms. The number of hydrogen-bond donors (Lipinski definition) is 6. The normalized spacial score (nSPS) is 20.1. The number of aliphatic hydroxyl groups is 1. The Kier molecular flexibility index (Phi) is 8.46. The van der Waals surface area contributed by atoms with Gasteiger partial charge in [-0.15, -0.1) is 0 Å². The van der Waals surface area contributed by atoms with Crippen molar-refractivity contribution in [3.05, 3.63) is 0 Å². The first-order valence-corrected chi connectivity index (χ1v) is 8.65. The van der Waals surface area contributed by atoms with Crippen LogP contribution in [0.5, 0.6) is 0 Å². The molecule has 0 spiro atoms. The highest BCUT2D eigenvalue weighted by Gasteiger charge is 2.31. The number of aliphatic carboxylic acids is 1. The summed E-state index contributed by atoms with van der Waals surface area (Å²) in [5.74, 6) is -3.25. The van der Waals surface area contributed by atoms with Gasteiger partial charge in [-0.2, -0.15) is 0 Å². The third-order valence-electron chi connectivity index (χ3n) is 4.17. The maximum Gasteiger partial charge on any atom is 0.328 e. The zero-order valence-electron chi connectivity index (χ0n) is 15.2. The summed E-state index contributed by atoms with van der Waals surface area (Å²) in [6.07, 6.45) is 1.60. The lowest BCUT2D eigenvalue weighted by Crippen LogP contribution is -2.58. The molecule has 1 saturated heterocycles. The second-order valence-corrected chi connectivity index (χ2v) is 6.69. The van der Waals surface area contributed by atoms with Crippen LogP contribution in [0.2, 0.25) is 0 Å². The number of carboxylic acids is 1. The van der Waals surface area contributed by atoms with Gasteiger partial charge in [0.2, 0.25) is 17.7 Å². The second-order valence-electron chi connectivity index (χ2n) is 6.69. The van der Waals surface area contributed by atoms with Crippen LogP contribution < -0.4 is 21.3 Å². The summed E-state index contributed by atoms with van der Waals surface area (Å²) >= 11 is 0. The topological polar surface area (TPSA) is 157 Å². The summed E-state index contributed by atoms with van der Waals surface area (Å²) in [4.78, 5) is 47.5. The minimum atomic E-state index is -1.45. The van der Waals surface area contributed by atoms with Crippen LogP contribution in [0.15, 0.2) is 0 Å². The lowest BCUT2D eigenvalue weighted by molar-refractivity contribution is -0.143. The molecule has 1 fully saturated rings. The summed E-state index contributed by atoms with van der Waals surface area (Å²) in [6.45, 7) is 4.87. The molecule has 0 aromatic rings. The van der Waals surface area contributed by atoms with Crippen molar-refractivity contribution >= 4 is 23.7 Å². The van der Waals surface area contributed by atoms with E-state index < -0.39 is 42.5 Å². The zero-order chi connectivity index (χ0) is 19.9. The van der Waals surface area contributed by atoms with Gasteiger partial charge in [0.15, 0.2) is 0 Å². The van der Waals surface area contributed by atoms with E-state index in [0.29, 0.717) is 6.42 Å². The largest absolute Gasteiger partial charge is 0.480 e. The number of aliphatic hydroxyl groups excluding tert-OH is 1. The Morgan fingerprint density at radius 3 is 2.19 bits per heavy atom. The summed E-state index contributed by atoms with van der Waals surface area (Å²) in [5.41, 5.74) is 0. The van der Waals surface area contributed by atoms with Crippen LogP contribution in [-0.2, 0) is 19.2 Å². The number of nitrogens with one attached hydrogen (secondary N) is 4. The van der Waals surface area contributed by atoms with Gasteiger partial charge in [-0.1, -0.05) is 13.8 Å². The van der Waals surface area contributed by atoms with Crippen molar-refractivity contribution in [1.29, 1.82) is 0 Å². The van der Waals surface area contributed by atoms with E-state index in [1.165, 1.54) is 6.92 Å². The Hall–Kier alpha value is -2.20. The highest BCUT2D eigenvalue weighted by molar-refractivity contribution is 5.94. The van der Waals surface area contributed by atoms with Crippen molar-refractivity contribution < 1.29 is 29.4 Å². The maximum absolute atomic E-state index is 12.3. The molecule has 3 amide bonds. The molecule has 10 heteroatoms. The molecular formula is C16H28N4O6. The van der Waals surface area contributed by atoms with Crippen molar-refractivity contribution in [3.8, 4) is 0 Å². The molecule has 0 aromatic carbocycles. The Balaban J connectivity index is 2.64. The van der Waals surface area contributed by atoms with Gasteiger partial charge in [-0.05, 0) is 32.2 Å². The number of carbonyl (C=O) groups is 4. The van der Waals surface area contributed by atoms with Crippen LogP contribution in [0.4, 0.5) is 0 Å². The molecule has 6 N–H and O–H groups in total. The minimum absolute atomic E-state index is 0.276. The molecule has 4 unspecified atom stereocenters. The first-order chi connectivity index (χ1) is 12.2. The molecule has 0 saturated carbocycles. The Labute approximate surface area is 152 Å². The average molecular weight is 372 g/mol. The fraction of sp³-hybridized carbons (Fsp3) is 0.750. The van der Waals surface area contributed by atoms with Crippen LogP contribution in [0.3, 0.4) is 0 Å². The number of carbonyl (C=O) groups excluding carboxylic acids is 3. The van der Waals surface area contributed by atoms with Crippen molar-refractivity contribution in [2.45, 2.75) is 57.8 Å². The molecule has 1 aliphatic heterocycles. The highest BCUT2D eigenvalue weighted by Crippen LogP contribution is 2.06. The van der Waals surface area contributed by atoms with Gasteiger partial charge < -0.3 is 31.5 Å². The number of hydrogen-bond acceptors (Lipinski definition) is 6. The molecular weight excluding hydrogens is 344 g/mol. The maximum atomic E-state index is 12.3. The van der Waals surface area contributed by atoms with Gasteiger partial charge in [-0.25, -0.2) is 4.79 Å². The molecule has 148 valence electrons. The van der Waals surface area contributed by atoms with Crippen LogP contribution >= 0.6 is 0 Å². The van der Waals surface area contributed by atoms with Crippen molar-refractivity contribution in [2.24, 2.45) is 5.92 Å². The van der Waals surface area contributed by atoms with E-state index in [-0.39, 0.29) is 17.9 Å². The Morgan fingerprint density at radius 1 is 1.08 bits per heavy atom. The summed E-state index contributed by atoms with van der Waals surface area (Å²) in [6, 6.07) is -3.63. The van der Waals surface area contributed by atoms with Gasteiger partial charge in [0.1, 0.15) is 18.1 Å². The summed E-state index contributed by atoms with van der Waals surface area (Å²) < 4.78 is 0. The second kappa shape index (κ2) is 10.1. The molecule has 1 heterocycles. The fourth-order valence-corrected chi connectivity index (χ4v) is 2.55. The van der Waals surface area contributed by atoms with Gasteiger partial charge in [0, 0.05) is 0 Å². The molecule has 1 rings (SSSR count). The van der Waals surface area contributed by atoms with E-state index in [0.717, 1.165) is 13.0 Å². The average Bonchev–Trinajstić information content (AvgIpc) is 3.10. The predicted octanol–water partition coefficient (Wildman–Crippen LogP) is -2.05. The molecule has 0 bridgehead atoms. The van der Waals surface area contributed by atoms with Crippen LogP contribution in [0.25, 0.3) is 0 Å². The third-order valence-corrected chi connectivity index (χ3v) is 4.17. The van der Waals surface area contributed by atoms with Crippen molar-refractivity contribution in [2.75, 3.05) is 13.2 Å². The standard InChI is InChI=1S/C16H28N4O6/c1-8(2)12(15(24)19-11(7-21)16(25)26)20-13(22)9(3)18-14(23)10-5-4-6-17-10/h8-12,17,21H,4-7H2,1-3H3,(H,18,23)(H,19,24)(H,20,22)(H,25,26). The lowest BCUT2D eigenvalue weighted by Gasteiger charge is -2.25. The van der Waals surface area contributed by atoms with Crippen LogP contribution in [0, 0.1) is 5.92 Å². The van der Waals surface area contributed by atoms with E-state index >= 15 is 0 Å². The van der Waals surface area contributed by atoms with Crippen molar-refractivity contribution in [1.82, 2.24) is 21.3 Å². The van der Waals surface area contributed by atoms with E-state index in [4.69, 9.17) is 10.2 Å². The van der Waals surface area contributed by atoms with Gasteiger partial charge in [-0.3, -0.25) is 14.4 Å². The van der Waals surface area contributed by atoms with Crippen LogP contribution in [-0.4, -0.2) is 71.2 Å². The smallest absolute Gasteiger partial charge is 0.328 e. The first kappa shape index (κ1) is 21.8. The molecule has 0 radical (unpaired) electrons. The molecule has 1 aliphatic rings.